The molecule has 180 valence electrons. The molecule has 2 amide bonds. The minimum absolute atomic E-state index is 0.163. The first-order valence-corrected chi connectivity index (χ1v) is 14.0. The summed E-state index contributed by atoms with van der Waals surface area (Å²) in [5, 5.41) is 0. The smallest absolute Gasteiger partial charge is 0.246 e. The summed E-state index contributed by atoms with van der Waals surface area (Å²) in [6.07, 6.45) is 10.1. The Balaban J connectivity index is 1.43. The number of sulfonamides is 1. The molecule has 3 atom stereocenters. The van der Waals surface area contributed by atoms with Crippen molar-refractivity contribution >= 4 is 27.9 Å². The van der Waals surface area contributed by atoms with Gasteiger partial charge in [0.2, 0.25) is 21.8 Å². The molecule has 3 fully saturated rings. The first kappa shape index (κ1) is 24.0. The lowest BCUT2D eigenvalue weighted by atomic mass is 9.94. The maximum absolute atomic E-state index is 13.1. The highest BCUT2D eigenvalue weighted by Gasteiger charge is 2.56. The molecule has 0 bridgehead atoms. The van der Waals surface area contributed by atoms with Crippen molar-refractivity contribution < 1.29 is 18.0 Å². The van der Waals surface area contributed by atoms with Crippen LogP contribution < -0.4 is 0 Å². The van der Waals surface area contributed by atoms with E-state index in [1.54, 1.807) is 17.1 Å². The van der Waals surface area contributed by atoms with Crippen molar-refractivity contribution in [3.63, 3.8) is 0 Å². The first-order chi connectivity index (χ1) is 15.8. The van der Waals surface area contributed by atoms with Crippen LogP contribution in [-0.4, -0.2) is 72.3 Å². The van der Waals surface area contributed by atoms with E-state index in [1.807, 2.05) is 19.1 Å². The van der Waals surface area contributed by atoms with Crippen molar-refractivity contribution in [2.24, 2.45) is 5.92 Å². The monoisotopic (exact) mass is 473 g/mol. The molecule has 3 aliphatic rings. The van der Waals surface area contributed by atoms with Gasteiger partial charge in [0.15, 0.2) is 0 Å². The number of carbonyl (C=O) groups is 2. The highest BCUT2D eigenvalue weighted by atomic mass is 32.2. The molecule has 0 N–H and O–H groups in total. The number of amides is 2. The summed E-state index contributed by atoms with van der Waals surface area (Å²) in [5.74, 6) is -0.979. The average molecular weight is 474 g/mol. The van der Waals surface area contributed by atoms with E-state index in [9.17, 15) is 18.0 Å². The van der Waals surface area contributed by atoms with Crippen molar-refractivity contribution in [1.82, 2.24) is 14.1 Å². The molecule has 3 saturated heterocycles. The van der Waals surface area contributed by atoms with Crippen LogP contribution in [-0.2, 0) is 26.2 Å². The highest BCUT2D eigenvalue weighted by Crippen LogP contribution is 2.40. The minimum atomic E-state index is -3.65. The van der Waals surface area contributed by atoms with Gasteiger partial charge >= 0.3 is 0 Å². The molecular formula is C25H35N3O4S. The molecule has 33 heavy (non-hydrogen) atoms. The summed E-state index contributed by atoms with van der Waals surface area (Å²) in [7, 11) is -3.65. The summed E-state index contributed by atoms with van der Waals surface area (Å²) in [5.41, 5.74) is 2.22. The van der Waals surface area contributed by atoms with E-state index in [2.05, 4.69) is 17.0 Å². The molecule has 7 nitrogen and oxygen atoms in total. The zero-order valence-corrected chi connectivity index (χ0v) is 20.5. The number of piperidine rings is 1. The van der Waals surface area contributed by atoms with Crippen LogP contribution in [0.1, 0.15) is 56.6 Å². The van der Waals surface area contributed by atoms with Crippen LogP contribution in [0.4, 0.5) is 0 Å². The SMILES string of the molecule is CCC[C@H]1C(=O)N(S(C)(=O)=O)[C@H]2CCN(C(=O)C=Cc3ccc(CN4CCCCC4)cc3)[C@H]12. The molecule has 0 spiro atoms. The number of nitrogens with zero attached hydrogens (tertiary/aromatic N) is 3. The average Bonchev–Trinajstić information content (AvgIpc) is 3.32. The summed E-state index contributed by atoms with van der Waals surface area (Å²) < 4.78 is 25.6. The van der Waals surface area contributed by atoms with Crippen LogP contribution in [0.25, 0.3) is 6.08 Å². The zero-order chi connectivity index (χ0) is 23.6. The van der Waals surface area contributed by atoms with Crippen LogP contribution in [0.2, 0.25) is 0 Å². The Morgan fingerprint density at radius 3 is 2.42 bits per heavy atom. The van der Waals surface area contributed by atoms with E-state index in [1.165, 1.54) is 24.8 Å². The summed E-state index contributed by atoms with van der Waals surface area (Å²) in [6, 6.07) is 7.45. The lowest BCUT2D eigenvalue weighted by molar-refractivity contribution is -0.130. The summed E-state index contributed by atoms with van der Waals surface area (Å²) in [6.45, 7) is 5.72. The van der Waals surface area contributed by atoms with Gasteiger partial charge in [-0.05, 0) is 56.0 Å². The quantitative estimate of drug-likeness (QED) is 0.569. The molecule has 8 heteroatoms. The zero-order valence-electron chi connectivity index (χ0n) is 19.7. The van der Waals surface area contributed by atoms with Gasteiger partial charge in [-0.2, -0.15) is 0 Å². The number of fused-ring (bicyclic) bond motifs is 1. The van der Waals surface area contributed by atoms with Gasteiger partial charge in [-0.1, -0.05) is 44.0 Å². The second-order valence-corrected chi connectivity index (χ2v) is 11.4. The third kappa shape index (κ3) is 5.17. The first-order valence-electron chi connectivity index (χ1n) is 12.1. The number of hydrogen-bond donors (Lipinski definition) is 0. The third-order valence-corrected chi connectivity index (χ3v) is 8.33. The third-order valence-electron chi connectivity index (χ3n) is 7.16. The van der Waals surface area contributed by atoms with E-state index >= 15 is 0 Å². The van der Waals surface area contributed by atoms with Gasteiger partial charge in [0.1, 0.15) is 0 Å². The fourth-order valence-corrected chi connectivity index (χ4v) is 6.84. The van der Waals surface area contributed by atoms with Gasteiger partial charge in [-0.3, -0.25) is 14.5 Å². The van der Waals surface area contributed by atoms with Crippen molar-refractivity contribution in [1.29, 1.82) is 0 Å². The lowest BCUT2D eigenvalue weighted by Crippen LogP contribution is -2.42. The number of rotatable bonds is 7. The van der Waals surface area contributed by atoms with Crippen LogP contribution in [0.5, 0.6) is 0 Å². The fourth-order valence-electron chi connectivity index (χ4n) is 5.66. The second-order valence-electron chi connectivity index (χ2n) is 9.58. The van der Waals surface area contributed by atoms with Gasteiger partial charge in [0, 0.05) is 19.2 Å². The van der Waals surface area contributed by atoms with E-state index < -0.39 is 22.0 Å². The molecule has 3 aliphatic heterocycles. The van der Waals surface area contributed by atoms with Gasteiger partial charge in [-0.15, -0.1) is 0 Å². The standard InChI is InChI=1S/C25H35N3O4S/c1-3-7-21-24-22(28(25(21)30)33(2,31)32)14-17-27(24)23(29)13-12-19-8-10-20(11-9-19)18-26-15-5-4-6-16-26/h8-13,21-22,24H,3-7,14-18H2,1-2H3/t21-,22+,24-/m1/s1. The van der Waals surface area contributed by atoms with Crippen molar-refractivity contribution in [2.75, 3.05) is 25.9 Å². The molecule has 3 heterocycles. The van der Waals surface area contributed by atoms with Crippen molar-refractivity contribution in [3.05, 3.63) is 41.5 Å². The Kier molecular flexibility index (Phi) is 7.24. The number of likely N-dealkylation sites (tertiary alicyclic amines) is 2. The van der Waals surface area contributed by atoms with E-state index in [4.69, 9.17) is 0 Å². The Bertz CT molecular complexity index is 999. The van der Waals surface area contributed by atoms with Gasteiger partial charge in [0.05, 0.1) is 24.3 Å². The van der Waals surface area contributed by atoms with E-state index in [-0.39, 0.29) is 17.9 Å². The van der Waals surface area contributed by atoms with Crippen LogP contribution in [0.3, 0.4) is 0 Å². The topological polar surface area (TPSA) is 78.0 Å². The van der Waals surface area contributed by atoms with Gasteiger partial charge in [-0.25, -0.2) is 12.7 Å². The summed E-state index contributed by atoms with van der Waals surface area (Å²) in [4.78, 5) is 30.1. The molecule has 0 saturated carbocycles. The second kappa shape index (κ2) is 9.97. The minimum Gasteiger partial charge on any atom is -0.333 e. The fraction of sp³-hybridized carbons (Fsp3) is 0.600. The number of benzene rings is 1. The molecule has 4 rings (SSSR count). The van der Waals surface area contributed by atoms with Crippen LogP contribution >= 0.6 is 0 Å². The number of hydrogen-bond acceptors (Lipinski definition) is 5. The van der Waals surface area contributed by atoms with Crippen LogP contribution in [0, 0.1) is 5.92 Å². The molecule has 0 unspecified atom stereocenters. The Morgan fingerprint density at radius 2 is 1.79 bits per heavy atom. The predicted molar refractivity (Wildman–Crippen MR) is 129 cm³/mol. The lowest BCUT2D eigenvalue weighted by Gasteiger charge is -2.26. The van der Waals surface area contributed by atoms with Crippen molar-refractivity contribution in [3.8, 4) is 0 Å². The highest BCUT2D eigenvalue weighted by molar-refractivity contribution is 7.88. The van der Waals surface area contributed by atoms with Gasteiger partial charge < -0.3 is 4.90 Å². The van der Waals surface area contributed by atoms with E-state index in [0.717, 1.165) is 42.2 Å². The molecule has 0 radical (unpaired) electrons. The maximum atomic E-state index is 13.1. The largest absolute Gasteiger partial charge is 0.333 e. The van der Waals surface area contributed by atoms with Crippen LogP contribution in [0.15, 0.2) is 30.3 Å². The maximum Gasteiger partial charge on any atom is 0.246 e. The summed E-state index contributed by atoms with van der Waals surface area (Å²) >= 11 is 0. The van der Waals surface area contributed by atoms with Gasteiger partial charge in [0.25, 0.3) is 0 Å². The van der Waals surface area contributed by atoms with E-state index in [0.29, 0.717) is 19.4 Å². The Morgan fingerprint density at radius 1 is 1.09 bits per heavy atom. The molecule has 1 aromatic carbocycles. The van der Waals surface area contributed by atoms with Crippen molar-refractivity contribution in [2.45, 2.75) is 64.1 Å². The Hall–Kier alpha value is -2.19. The molecule has 0 aromatic heterocycles. The number of carbonyl (C=O) groups excluding carboxylic acids is 2. The molecule has 0 aliphatic carbocycles. The normalized spacial score (nSPS) is 26.4. The Labute approximate surface area is 197 Å². The molecular weight excluding hydrogens is 438 g/mol. The molecule has 1 aromatic rings. The predicted octanol–water partition coefficient (Wildman–Crippen LogP) is 2.87.